The molecule has 0 bridgehead atoms. The Morgan fingerprint density at radius 1 is 1.12 bits per heavy atom. The minimum absolute atomic E-state index is 0. The van der Waals surface area contributed by atoms with Crippen LogP contribution >= 0.6 is 34.4 Å². The summed E-state index contributed by atoms with van der Waals surface area (Å²) in [6.07, 6.45) is 2.29. The highest BCUT2D eigenvalue weighted by molar-refractivity contribution is 8.04. The van der Waals surface area contributed by atoms with E-state index in [9.17, 15) is 0 Å². The lowest BCUT2D eigenvalue weighted by Gasteiger charge is -2.12. The predicted octanol–water partition coefficient (Wildman–Crippen LogP) is 2.19. The van der Waals surface area contributed by atoms with Gasteiger partial charge in [-0.3, -0.25) is 0 Å². The third-order valence-electron chi connectivity index (χ3n) is 4.50. The summed E-state index contributed by atoms with van der Waals surface area (Å²) < 4.78 is 4.86. The quantitative estimate of drug-likeness (QED) is 0.290. The van der Waals surface area contributed by atoms with Gasteiger partial charge in [0.05, 0.1) is 32.0 Å². The molecule has 7 heteroatoms. The van der Waals surface area contributed by atoms with Crippen LogP contribution in [0.3, 0.4) is 0 Å². The second-order valence-electron chi connectivity index (χ2n) is 6.13. The largest absolute Gasteiger partial charge is 1.00 e. The van der Waals surface area contributed by atoms with E-state index in [0.29, 0.717) is 0 Å². The molecule has 0 saturated heterocycles. The molecule has 0 unspecified atom stereocenters. The molecular weight excluding hydrogens is 493 g/mol. The fourth-order valence-corrected chi connectivity index (χ4v) is 6.37. The number of para-hydroxylation sites is 1. The van der Waals surface area contributed by atoms with Crippen molar-refractivity contribution in [3.8, 4) is 0 Å². The van der Waals surface area contributed by atoms with Crippen molar-refractivity contribution in [3.05, 3.63) is 51.4 Å². The lowest BCUT2D eigenvalue weighted by Crippen LogP contribution is -3.00. The van der Waals surface area contributed by atoms with Crippen LogP contribution in [0, 0.1) is 6.92 Å². The summed E-state index contributed by atoms with van der Waals surface area (Å²) >= 11 is 5.44. The molecule has 0 amide bonds. The van der Waals surface area contributed by atoms with Crippen LogP contribution in [0.1, 0.15) is 10.0 Å². The van der Waals surface area contributed by atoms with Crippen molar-refractivity contribution in [1.29, 1.82) is 0 Å². The van der Waals surface area contributed by atoms with E-state index in [2.05, 4.69) is 77.9 Å². The number of rotatable bonds is 1. The van der Waals surface area contributed by atoms with Gasteiger partial charge in [-0.1, -0.05) is 35.2 Å². The maximum atomic E-state index is 4.64. The molecule has 2 aromatic heterocycles. The first kappa shape index (κ1) is 18.2. The van der Waals surface area contributed by atoms with Crippen molar-refractivity contribution >= 4 is 66.6 Å². The molecule has 0 N–H and O–H groups in total. The Kier molecular flexibility index (Phi) is 4.75. The SMILES string of the molecule is Cc1nc2cc3c(cc2s1)SC(=Cc1sc2ccccc2[n+]1C)N3C.[I-]. The normalized spacial score (nSPS) is 15.0. The standard InChI is InChI=1S/C19H16N3S3.HI/c1-11-20-12-8-14-17(9-16(12)23-11)25-19(22(14)3)10-18-21(2)13-6-4-5-7-15(13)24-18;/h4-10H,1-3H3;1H/q+1;/p-1. The zero-order valence-electron chi connectivity index (χ0n) is 14.5. The van der Waals surface area contributed by atoms with Crippen molar-refractivity contribution < 1.29 is 28.5 Å². The van der Waals surface area contributed by atoms with E-state index in [1.54, 1.807) is 11.3 Å². The highest BCUT2D eigenvalue weighted by Crippen LogP contribution is 2.48. The molecule has 5 rings (SSSR count). The van der Waals surface area contributed by atoms with Crippen LogP contribution in [0.25, 0.3) is 26.5 Å². The maximum absolute atomic E-state index is 4.64. The Labute approximate surface area is 181 Å². The van der Waals surface area contributed by atoms with Crippen LogP contribution in [-0.4, -0.2) is 12.0 Å². The van der Waals surface area contributed by atoms with Gasteiger partial charge in [0.2, 0.25) is 5.52 Å². The first-order valence-electron chi connectivity index (χ1n) is 8.02. The van der Waals surface area contributed by atoms with Crippen LogP contribution in [-0.2, 0) is 7.05 Å². The molecule has 0 saturated carbocycles. The zero-order chi connectivity index (χ0) is 17.1. The van der Waals surface area contributed by atoms with Gasteiger partial charge in [0.1, 0.15) is 11.7 Å². The number of anilines is 1. The van der Waals surface area contributed by atoms with Crippen LogP contribution in [0.5, 0.6) is 0 Å². The second kappa shape index (κ2) is 6.78. The highest BCUT2D eigenvalue weighted by atomic mass is 127. The van der Waals surface area contributed by atoms with E-state index in [1.165, 1.54) is 35.5 Å². The predicted molar refractivity (Wildman–Crippen MR) is 110 cm³/mol. The van der Waals surface area contributed by atoms with Gasteiger partial charge in [-0.2, -0.15) is 4.57 Å². The van der Waals surface area contributed by atoms with Crippen molar-refractivity contribution in [2.45, 2.75) is 11.8 Å². The van der Waals surface area contributed by atoms with E-state index in [4.69, 9.17) is 0 Å². The third kappa shape index (κ3) is 2.85. The molecule has 26 heavy (non-hydrogen) atoms. The van der Waals surface area contributed by atoms with Crippen molar-refractivity contribution in [1.82, 2.24) is 4.98 Å². The average Bonchev–Trinajstić information content (AvgIpc) is 3.21. The van der Waals surface area contributed by atoms with Gasteiger partial charge >= 0.3 is 0 Å². The number of benzene rings is 2. The summed E-state index contributed by atoms with van der Waals surface area (Å²) in [5.41, 5.74) is 3.63. The number of nitrogens with zero attached hydrogens (tertiary/aromatic N) is 3. The highest BCUT2D eigenvalue weighted by Gasteiger charge is 2.25. The molecule has 0 spiro atoms. The third-order valence-corrected chi connectivity index (χ3v) is 7.75. The lowest BCUT2D eigenvalue weighted by molar-refractivity contribution is -0.642. The van der Waals surface area contributed by atoms with Gasteiger partial charge in [-0.05, 0) is 25.1 Å². The number of thioether (sulfide) groups is 1. The number of halogens is 1. The molecule has 1 aliphatic heterocycles. The minimum Gasteiger partial charge on any atom is -1.00 e. The van der Waals surface area contributed by atoms with Gasteiger partial charge in [0, 0.05) is 18.0 Å². The second-order valence-corrected chi connectivity index (χ2v) is 9.49. The summed E-state index contributed by atoms with van der Waals surface area (Å²) in [7, 11) is 4.28. The maximum Gasteiger partial charge on any atom is 0.265 e. The Hall–Kier alpha value is -1.16. The number of hydrogen-bond acceptors (Lipinski definition) is 5. The van der Waals surface area contributed by atoms with Crippen LogP contribution < -0.4 is 33.4 Å². The smallest absolute Gasteiger partial charge is 0.265 e. The van der Waals surface area contributed by atoms with Gasteiger partial charge in [0.15, 0.2) is 0 Å². The Morgan fingerprint density at radius 3 is 2.73 bits per heavy atom. The number of fused-ring (bicyclic) bond motifs is 3. The molecule has 132 valence electrons. The summed E-state index contributed by atoms with van der Waals surface area (Å²) in [4.78, 5) is 8.23. The molecule has 0 radical (unpaired) electrons. The molecule has 1 aliphatic rings. The van der Waals surface area contributed by atoms with Gasteiger partial charge in [-0.15, -0.1) is 11.3 Å². The van der Waals surface area contributed by atoms with Gasteiger partial charge < -0.3 is 28.9 Å². The van der Waals surface area contributed by atoms with Crippen molar-refractivity contribution in [2.24, 2.45) is 7.05 Å². The Balaban J connectivity index is 0.00000168. The molecule has 0 atom stereocenters. The van der Waals surface area contributed by atoms with E-state index in [-0.39, 0.29) is 24.0 Å². The number of aryl methyl sites for hydroxylation is 2. The first-order valence-corrected chi connectivity index (χ1v) is 10.5. The van der Waals surface area contributed by atoms with Crippen LogP contribution in [0.4, 0.5) is 5.69 Å². The van der Waals surface area contributed by atoms with Crippen molar-refractivity contribution in [2.75, 3.05) is 11.9 Å². The average molecular weight is 509 g/mol. The molecule has 0 aliphatic carbocycles. The van der Waals surface area contributed by atoms with Crippen molar-refractivity contribution in [3.63, 3.8) is 0 Å². The van der Waals surface area contributed by atoms with E-state index in [0.717, 1.165) is 10.5 Å². The first-order chi connectivity index (χ1) is 12.1. The Bertz CT molecular complexity index is 1180. The molecule has 3 nitrogen and oxygen atoms in total. The van der Waals surface area contributed by atoms with E-state index < -0.39 is 0 Å². The van der Waals surface area contributed by atoms with E-state index in [1.807, 2.05) is 23.1 Å². The summed E-state index contributed by atoms with van der Waals surface area (Å²) in [5.74, 6) is 0. The Morgan fingerprint density at radius 2 is 1.92 bits per heavy atom. The molecule has 2 aromatic carbocycles. The van der Waals surface area contributed by atoms with Crippen LogP contribution in [0.2, 0.25) is 0 Å². The fraction of sp³-hybridized carbons (Fsp3) is 0.158. The van der Waals surface area contributed by atoms with Crippen LogP contribution in [0.15, 0.2) is 46.3 Å². The summed E-state index contributed by atoms with van der Waals surface area (Å²) in [6.45, 7) is 2.07. The van der Waals surface area contributed by atoms with E-state index >= 15 is 0 Å². The molecular formula is C19H16IN3S3. The zero-order valence-corrected chi connectivity index (χ0v) is 19.1. The lowest BCUT2D eigenvalue weighted by atomic mass is 10.3. The fourth-order valence-electron chi connectivity index (χ4n) is 3.18. The topological polar surface area (TPSA) is 20.0 Å². The van der Waals surface area contributed by atoms with Gasteiger partial charge in [0.25, 0.3) is 5.01 Å². The monoisotopic (exact) mass is 509 g/mol. The molecule has 4 aromatic rings. The molecule has 0 fully saturated rings. The number of aromatic nitrogens is 2. The summed E-state index contributed by atoms with van der Waals surface area (Å²) in [5, 5.41) is 3.64. The minimum atomic E-state index is 0. The number of thiazole rings is 2. The number of hydrogen-bond donors (Lipinski definition) is 0. The molecule has 3 heterocycles. The van der Waals surface area contributed by atoms with Gasteiger partial charge in [-0.25, -0.2) is 4.98 Å². The summed E-state index contributed by atoms with van der Waals surface area (Å²) in [6, 6.07) is 13.1.